The predicted molar refractivity (Wildman–Crippen MR) is 191 cm³/mol. The summed E-state index contributed by atoms with van der Waals surface area (Å²) >= 11 is 0. The molecule has 5 aromatic carbocycles. The first-order chi connectivity index (χ1) is 23.8. The van der Waals surface area contributed by atoms with Crippen molar-refractivity contribution in [2.24, 2.45) is 0 Å². The maximum atomic E-state index is 5.03. The van der Waals surface area contributed by atoms with Crippen LogP contribution in [0.4, 0.5) is 0 Å². The molecule has 0 spiro atoms. The Hall–Kier alpha value is -6.66. The molecule has 226 valence electrons. The lowest BCUT2D eigenvalue weighted by atomic mass is 9.99. The van der Waals surface area contributed by atoms with Crippen molar-refractivity contribution in [2.75, 3.05) is 0 Å². The minimum absolute atomic E-state index is 0.576. The Balaban J connectivity index is 1.21. The second kappa shape index (κ2) is 13.0. The van der Waals surface area contributed by atoms with Crippen molar-refractivity contribution in [3.63, 3.8) is 0 Å². The number of hydrogen-bond acceptors (Lipinski definition) is 6. The number of rotatable bonds is 7. The molecule has 8 aromatic rings. The number of pyridine rings is 1. The van der Waals surface area contributed by atoms with E-state index in [2.05, 4.69) is 59.6 Å². The Morgan fingerprint density at radius 2 is 0.688 bits per heavy atom. The molecule has 0 radical (unpaired) electrons. The smallest absolute Gasteiger partial charge is 0.165 e. The number of nitrogens with zero attached hydrogens (tertiary/aromatic N) is 6. The fourth-order valence-electron chi connectivity index (χ4n) is 5.61. The van der Waals surface area contributed by atoms with Gasteiger partial charge in [-0.3, -0.25) is 4.98 Å². The van der Waals surface area contributed by atoms with Crippen LogP contribution in [0.1, 0.15) is 0 Å². The van der Waals surface area contributed by atoms with Gasteiger partial charge in [0.15, 0.2) is 23.3 Å². The van der Waals surface area contributed by atoms with Gasteiger partial charge in [0.2, 0.25) is 0 Å². The number of aromatic nitrogens is 6. The van der Waals surface area contributed by atoms with Gasteiger partial charge in [-0.2, -0.15) is 0 Å². The number of hydrogen-bond donors (Lipinski definition) is 0. The molecule has 3 heterocycles. The summed E-state index contributed by atoms with van der Waals surface area (Å²) in [6, 6.07) is 53.0. The van der Waals surface area contributed by atoms with Crippen LogP contribution in [0.15, 0.2) is 170 Å². The normalized spacial score (nSPS) is 10.9. The first kappa shape index (κ1) is 28.8. The van der Waals surface area contributed by atoms with E-state index in [-0.39, 0.29) is 0 Å². The molecule has 48 heavy (non-hydrogen) atoms. The molecule has 6 nitrogen and oxygen atoms in total. The fraction of sp³-hybridized carbons (Fsp3) is 0. The molecule has 0 N–H and O–H groups in total. The van der Waals surface area contributed by atoms with Crippen molar-refractivity contribution in [2.45, 2.75) is 0 Å². The predicted octanol–water partition coefficient (Wildman–Crippen LogP) is 9.73. The van der Waals surface area contributed by atoms with Gasteiger partial charge in [0, 0.05) is 45.8 Å². The van der Waals surface area contributed by atoms with Crippen LogP contribution < -0.4 is 0 Å². The highest BCUT2D eigenvalue weighted by molar-refractivity contribution is 5.78. The minimum atomic E-state index is 0.576. The minimum Gasteiger partial charge on any atom is -0.264 e. The van der Waals surface area contributed by atoms with Crippen LogP contribution in [0, 0.1) is 0 Å². The van der Waals surface area contributed by atoms with Gasteiger partial charge < -0.3 is 0 Å². The van der Waals surface area contributed by atoms with Gasteiger partial charge in [-0.25, -0.2) is 24.9 Å². The highest BCUT2D eigenvalue weighted by Gasteiger charge is 2.14. The summed E-state index contributed by atoms with van der Waals surface area (Å²) in [5.41, 5.74) is 9.48. The average Bonchev–Trinajstić information content (AvgIpc) is 3.19. The van der Waals surface area contributed by atoms with Gasteiger partial charge >= 0.3 is 0 Å². The quantitative estimate of drug-likeness (QED) is 0.177. The summed E-state index contributed by atoms with van der Waals surface area (Å²) in [6.07, 6.45) is 3.52. The highest BCUT2D eigenvalue weighted by Crippen LogP contribution is 2.32. The molecule has 0 bridgehead atoms. The molecule has 0 aliphatic heterocycles. The van der Waals surface area contributed by atoms with E-state index in [1.807, 2.05) is 103 Å². The molecular weight excluding hydrogens is 589 g/mol. The summed E-state index contributed by atoms with van der Waals surface area (Å²) in [7, 11) is 0. The second-order valence-electron chi connectivity index (χ2n) is 11.3. The van der Waals surface area contributed by atoms with Gasteiger partial charge in [-0.05, 0) is 41.5 Å². The molecule has 8 rings (SSSR count). The van der Waals surface area contributed by atoms with Crippen molar-refractivity contribution < 1.29 is 0 Å². The lowest BCUT2D eigenvalue weighted by molar-refractivity contribution is 1.07. The van der Waals surface area contributed by atoms with E-state index >= 15 is 0 Å². The van der Waals surface area contributed by atoms with Crippen molar-refractivity contribution in [3.05, 3.63) is 170 Å². The molecule has 6 heteroatoms. The molecular formula is C42H28N6. The molecule has 0 saturated carbocycles. The van der Waals surface area contributed by atoms with Crippen molar-refractivity contribution in [3.8, 4) is 79.2 Å². The molecule has 3 aromatic heterocycles. The van der Waals surface area contributed by atoms with Gasteiger partial charge in [-0.15, -0.1) is 0 Å². The lowest BCUT2D eigenvalue weighted by Gasteiger charge is -2.11. The zero-order valence-corrected chi connectivity index (χ0v) is 25.8. The van der Waals surface area contributed by atoms with Crippen LogP contribution >= 0.6 is 0 Å². The summed E-state index contributed by atoms with van der Waals surface area (Å²) in [5, 5.41) is 0. The van der Waals surface area contributed by atoms with Gasteiger partial charge in [0.05, 0.1) is 11.4 Å². The Morgan fingerprint density at radius 3 is 1.27 bits per heavy atom. The maximum Gasteiger partial charge on any atom is 0.165 e. The van der Waals surface area contributed by atoms with E-state index in [0.29, 0.717) is 23.3 Å². The van der Waals surface area contributed by atoms with E-state index in [1.165, 1.54) is 0 Å². The van der Waals surface area contributed by atoms with Crippen molar-refractivity contribution in [1.29, 1.82) is 0 Å². The first-order valence-electron chi connectivity index (χ1n) is 15.7. The lowest BCUT2D eigenvalue weighted by Crippen LogP contribution is -2.00. The average molecular weight is 617 g/mol. The van der Waals surface area contributed by atoms with E-state index in [4.69, 9.17) is 24.9 Å². The van der Waals surface area contributed by atoms with E-state index < -0.39 is 0 Å². The molecule has 0 atom stereocenters. The molecule has 0 unspecified atom stereocenters. The SMILES string of the molecule is c1ccc(-c2cc(-c3cccc(-c4cccc(-c5nc(-c6ccccc6)nc(-c6cccnc6)n5)c4)c3)nc(-c3ccccc3)n2)cc1. The largest absolute Gasteiger partial charge is 0.264 e. The van der Waals surface area contributed by atoms with Crippen LogP contribution in [0.25, 0.3) is 79.2 Å². The standard InChI is InChI=1S/C42H28N6/c1-4-13-29(14-5-1)37-27-38(45-39(44-37)30-15-6-2-7-16-30)34-21-10-19-32(25-34)33-20-11-22-35(26-33)41-46-40(31-17-8-3-9-18-31)47-42(48-41)36-23-12-24-43-28-36/h1-28H. The summed E-state index contributed by atoms with van der Waals surface area (Å²) in [6.45, 7) is 0. The Bertz CT molecular complexity index is 2040. The molecule has 0 aliphatic carbocycles. The van der Waals surface area contributed by atoms with Crippen LogP contribution in [0.3, 0.4) is 0 Å². The third-order valence-corrected chi connectivity index (χ3v) is 8.03. The first-order valence-corrected chi connectivity index (χ1v) is 15.7. The van der Waals surface area contributed by atoms with Crippen molar-refractivity contribution >= 4 is 0 Å². The molecule has 0 saturated heterocycles. The third-order valence-electron chi connectivity index (χ3n) is 8.03. The Labute approximate surface area is 278 Å². The zero-order chi connectivity index (χ0) is 32.1. The monoisotopic (exact) mass is 616 g/mol. The molecule has 0 aliphatic rings. The van der Waals surface area contributed by atoms with Crippen LogP contribution in [-0.4, -0.2) is 29.9 Å². The van der Waals surface area contributed by atoms with E-state index in [9.17, 15) is 0 Å². The Kier molecular flexibility index (Phi) is 7.79. The van der Waals surface area contributed by atoms with Crippen LogP contribution in [0.5, 0.6) is 0 Å². The second-order valence-corrected chi connectivity index (χ2v) is 11.3. The topological polar surface area (TPSA) is 77.3 Å². The molecule has 0 amide bonds. The molecule has 0 fully saturated rings. The third kappa shape index (κ3) is 6.10. The Morgan fingerprint density at radius 1 is 0.271 bits per heavy atom. The van der Waals surface area contributed by atoms with Crippen LogP contribution in [-0.2, 0) is 0 Å². The van der Waals surface area contributed by atoms with E-state index in [1.54, 1.807) is 12.4 Å². The van der Waals surface area contributed by atoms with Crippen molar-refractivity contribution in [1.82, 2.24) is 29.9 Å². The fourth-order valence-corrected chi connectivity index (χ4v) is 5.61. The van der Waals surface area contributed by atoms with Crippen LogP contribution in [0.2, 0.25) is 0 Å². The number of benzene rings is 5. The van der Waals surface area contributed by atoms with E-state index in [0.717, 1.165) is 55.9 Å². The summed E-state index contributed by atoms with van der Waals surface area (Å²) in [5.74, 6) is 2.47. The van der Waals surface area contributed by atoms with Gasteiger partial charge in [-0.1, -0.05) is 127 Å². The summed E-state index contributed by atoms with van der Waals surface area (Å²) < 4.78 is 0. The van der Waals surface area contributed by atoms with Gasteiger partial charge in [0.25, 0.3) is 0 Å². The zero-order valence-electron chi connectivity index (χ0n) is 25.8. The maximum absolute atomic E-state index is 5.03. The highest BCUT2D eigenvalue weighted by atomic mass is 15.0. The summed E-state index contributed by atoms with van der Waals surface area (Å²) in [4.78, 5) is 28.9. The van der Waals surface area contributed by atoms with Gasteiger partial charge in [0.1, 0.15) is 0 Å².